The largest absolute Gasteiger partial charge is 0.366 e. The van der Waals surface area contributed by atoms with Crippen LogP contribution in [0.25, 0.3) is 0 Å². The summed E-state index contributed by atoms with van der Waals surface area (Å²) in [7, 11) is -3.67. The third-order valence-electron chi connectivity index (χ3n) is 3.38. The normalized spacial score (nSPS) is 19.0. The van der Waals surface area contributed by atoms with Gasteiger partial charge in [0.25, 0.3) is 5.91 Å². The molecule has 1 unspecified atom stereocenters. The van der Waals surface area contributed by atoms with Gasteiger partial charge in [-0.3, -0.25) is 4.79 Å². The first-order valence-corrected chi connectivity index (χ1v) is 9.39. The first-order valence-electron chi connectivity index (χ1n) is 7.91. The minimum Gasteiger partial charge on any atom is -0.366 e. The van der Waals surface area contributed by atoms with Crippen LogP contribution in [-0.4, -0.2) is 45.7 Å². The molecule has 134 valence electrons. The van der Waals surface area contributed by atoms with Gasteiger partial charge in [-0.05, 0) is 32.4 Å². The molecule has 1 aliphatic rings. The van der Waals surface area contributed by atoms with Crippen LogP contribution in [0, 0.1) is 0 Å². The number of carbonyl (C=O) groups excluding carboxylic acids is 1. The average Bonchev–Trinajstić information content (AvgIpc) is 2.51. The molecule has 1 saturated heterocycles. The van der Waals surface area contributed by atoms with E-state index in [1.54, 1.807) is 39.0 Å². The van der Waals surface area contributed by atoms with E-state index >= 15 is 0 Å². The van der Waals surface area contributed by atoms with Crippen LogP contribution in [0.5, 0.6) is 0 Å². The Labute approximate surface area is 143 Å². The van der Waals surface area contributed by atoms with Gasteiger partial charge in [0.1, 0.15) is 6.10 Å². The summed E-state index contributed by atoms with van der Waals surface area (Å²) in [4.78, 5) is 12.3. The SMILES string of the molecule is CC(C)(C)NS(=O)(=O)c1ccccc1CNC(=O)C1CNCCO1. The van der Waals surface area contributed by atoms with Crippen molar-refractivity contribution in [3.05, 3.63) is 29.8 Å². The summed E-state index contributed by atoms with van der Waals surface area (Å²) in [6.07, 6.45) is -0.546. The van der Waals surface area contributed by atoms with Gasteiger partial charge in [0.15, 0.2) is 0 Å². The second kappa shape index (κ2) is 7.60. The van der Waals surface area contributed by atoms with Crippen LogP contribution >= 0.6 is 0 Å². The molecule has 1 aliphatic heterocycles. The highest BCUT2D eigenvalue weighted by atomic mass is 32.2. The molecular weight excluding hydrogens is 330 g/mol. The predicted octanol–water partition coefficient (Wildman–Crippen LogP) is 0.368. The lowest BCUT2D eigenvalue weighted by Gasteiger charge is -2.23. The van der Waals surface area contributed by atoms with E-state index in [2.05, 4.69) is 15.4 Å². The number of carbonyl (C=O) groups is 1. The Hall–Kier alpha value is -1.48. The number of morpholine rings is 1. The molecule has 1 atom stereocenters. The van der Waals surface area contributed by atoms with Gasteiger partial charge in [-0.15, -0.1) is 0 Å². The van der Waals surface area contributed by atoms with Crippen molar-refractivity contribution in [1.29, 1.82) is 0 Å². The van der Waals surface area contributed by atoms with Gasteiger partial charge >= 0.3 is 0 Å². The molecule has 0 saturated carbocycles. The van der Waals surface area contributed by atoms with Crippen LogP contribution in [-0.2, 0) is 26.1 Å². The molecule has 0 spiro atoms. The zero-order valence-corrected chi connectivity index (χ0v) is 15.1. The van der Waals surface area contributed by atoms with Gasteiger partial charge in [0, 0.05) is 25.2 Å². The fourth-order valence-corrected chi connectivity index (χ4v) is 4.06. The van der Waals surface area contributed by atoms with E-state index in [1.165, 1.54) is 6.07 Å². The maximum atomic E-state index is 12.6. The van der Waals surface area contributed by atoms with Gasteiger partial charge in [-0.25, -0.2) is 13.1 Å². The van der Waals surface area contributed by atoms with Crippen LogP contribution in [0.3, 0.4) is 0 Å². The van der Waals surface area contributed by atoms with Crippen molar-refractivity contribution in [2.75, 3.05) is 19.7 Å². The quantitative estimate of drug-likeness (QED) is 0.709. The molecule has 1 aromatic carbocycles. The van der Waals surface area contributed by atoms with E-state index in [1.807, 2.05) is 0 Å². The molecule has 7 nitrogen and oxygen atoms in total. The van der Waals surface area contributed by atoms with Crippen molar-refractivity contribution in [3.63, 3.8) is 0 Å². The fraction of sp³-hybridized carbons (Fsp3) is 0.562. The summed E-state index contributed by atoms with van der Waals surface area (Å²) in [6.45, 7) is 7.13. The molecule has 0 radical (unpaired) electrons. The van der Waals surface area contributed by atoms with E-state index < -0.39 is 21.7 Å². The topological polar surface area (TPSA) is 96.5 Å². The second-order valence-electron chi connectivity index (χ2n) is 6.74. The Kier molecular flexibility index (Phi) is 5.97. The lowest BCUT2D eigenvalue weighted by molar-refractivity contribution is -0.134. The maximum Gasteiger partial charge on any atom is 0.250 e. The minimum atomic E-state index is -3.67. The average molecular weight is 355 g/mol. The van der Waals surface area contributed by atoms with Crippen molar-refractivity contribution >= 4 is 15.9 Å². The summed E-state index contributed by atoms with van der Waals surface area (Å²) in [5, 5.41) is 5.83. The number of rotatable bonds is 5. The Morgan fingerprint density at radius 1 is 1.33 bits per heavy atom. The lowest BCUT2D eigenvalue weighted by Crippen LogP contribution is -2.47. The molecule has 1 heterocycles. The first-order chi connectivity index (χ1) is 11.2. The van der Waals surface area contributed by atoms with Gasteiger partial charge in [0.05, 0.1) is 11.5 Å². The van der Waals surface area contributed by atoms with E-state index in [0.29, 0.717) is 18.7 Å². The Morgan fingerprint density at radius 2 is 2.04 bits per heavy atom. The van der Waals surface area contributed by atoms with E-state index in [4.69, 9.17) is 4.74 Å². The monoisotopic (exact) mass is 355 g/mol. The highest BCUT2D eigenvalue weighted by molar-refractivity contribution is 7.89. The highest BCUT2D eigenvalue weighted by Gasteiger charge is 2.25. The van der Waals surface area contributed by atoms with Gasteiger partial charge in [-0.2, -0.15) is 0 Å². The van der Waals surface area contributed by atoms with Gasteiger partial charge < -0.3 is 15.4 Å². The van der Waals surface area contributed by atoms with Gasteiger partial charge in [-0.1, -0.05) is 18.2 Å². The Balaban J connectivity index is 2.10. The lowest BCUT2D eigenvalue weighted by atomic mass is 10.1. The molecule has 1 amide bonds. The van der Waals surface area contributed by atoms with Crippen LogP contribution in [0.15, 0.2) is 29.2 Å². The van der Waals surface area contributed by atoms with Crippen LogP contribution in [0.1, 0.15) is 26.3 Å². The number of hydrogen-bond acceptors (Lipinski definition) is 5. The molecule has 1 fully saturated rings. The maximum absolute atomic E-state index is 12.6. The number of hydrogen-bond donors (Lipinski definition) is 3. The third kappa shape index (κ3) is 5.27. The Bertz CT molecular complexity index is 677. The number of amides is 1. The summed E-state index contributed by atoms with van der Waals surface area (Å²) < 4.78 is 33.1. The molecule has 3 N–H and O–H groups in total. The number of benzene rings is 1. The molecule has 1 aromatic rings. The summed E-state index contributed by atoms with van der Waals surface area (Å²) in [5.41, 5.74) is -0.0528. The van der Waals surface area contributed by atoms with E-state index in [9.17, 15) is 13.2 Å². The van der Waals surface area contributed by atoms with Crippen LogP contribution < -0.4 is 15.4 Å². The molecule has 0 aliphatic carbocycles. The van der Waals surface area contributed by atoms with Crippen molar-refractivity contribution in [2.24, 2.45) is 0 Å². The zero-order chi connectivity index (χ0) is 17.8. The minimum absolute atomic E-state index is 0.125. The van der Waals surface area contributed by atoms with Crippen molar-refractivity contribution in [1.82, 2.24) is 15.4 Å². The molecular formula is C16H25N3O4S. The third-order valence-corrected chi connectivity index (χ3v) is 5.23. The number of sulfonamides is 1. The van der Waals surface area contributed by atoms with Crippen LogP contribution in [0.2, 0.25) is 0 Å². The van der Waals surface area contributed by atoms with Crippen molar-refractivity contribution in [3.8, 4) is 0 Å². The molecule has 2 rings (SSSR count). The van der Waals surface area contributed by atoms with E-state index in [0.717, 1.165) is 6.54 Å². The zero-order valence-electron chi connectivity index (χ0n) is 14.3. The second-order valence-corrected chi connectivity index (χ2v) is 8.40. The summed E-state index contributed by atoms with van der Waals surface area (Å²) in [6, 6.07) is 6.64. The molecule has 8 heteroatoms. The Morgan fingerprint density at radius 3 is 2.67 bits per heavy atom. The first kappa shape index (κ1) is 18.9. The fourth-order valence-electron chi connectivity index (χ4n) is 2.40. The summed E-state index contributed by atoms with van der Waals surface area (Å²) >= 11 is 0. The smallest absolute Gasteiger partial charge is 0.250 e. The molecule has 0 aromatic heterocycles. The van der Waals surface area contributed by atoms with Gasteiger partial charge in [0.2, 0.25) is 10.0 Å². The number of nitrogens with one attached hydrogen (secondary N) is 3. The highest BCUT2D eigenvalue weighted by Crippen LogP contribution is 2.17. The van der Waals surface area contributed by atoms with Crippen molar-refractivity contribution in [2.45, 2.75) is 43.9 Å². The predicted molar refractivity (Wildman–Crippen MR) is 91.0 cm³/mol. The summed E-state index contributed by atoms with van der Waals surface area (Å²) in [5.74, 6) is -0.252. The standard InChI is InChI=1S/C16H25N3O4S/c1-16(2,3)19-24(21,22)14-7-5-4-6-12(14)10-18-15(20)13-11-17-8-9-23-13/h4-7,13,17,19H,8-11H2,1-3H3,(H,18,20). The van der Waals surface area contributed by atoms with Crippen molar-refractivity contribution < 1.29 is 17.9 Å². The molecule has 24 heavy (non-hydrogen) atoms. The van der Waals surface area contributed by atoms with Crippen LogP contribution in [0.4, 0.5) is 0 Å². The molecule has 0 bridgehead atoms. The number of ether oxygens (including phenoxy) is 1. The van der Waals surface area contributed by atoms with E-state index in [-0.39, 0.29) is 17.3 Å².